The van der Waals surface area contributed by atoms with E-state index in [1.165, 1.54) is 25.7 Å². The van der Waals surface area contributed by atoms with E-state index in [4.69, 9.17) is 0 Å². The largest absolute Gasteiger partial charge is 0.383 e. The van der Waals surface area contributed by atoms with E-state index in [0.717, 1.165) is 11.4 Å². The Bertz CT molecular complexity index is 376. The van der Waals surface area contributed by atoms with E-state index in [0.29, 0.717) is 11.8 Å². The maximum Gasteiger partial charge on any atom is 0.113 e. The van der Waals surface area contributed by atoms with Gasteiger partial charge in [-0.25, -0.2) is 0 Å². The van der Waals surface area contributed by atoms with Crippen molar-refractivity contribution in [2.75, 3.05) is 0 Å². The van der Waals surface area contributed by atoms with Gasteiger partial charge in [0, 0.05) is 5.69 Å². The highest BCUT2D eigenvalue weighted by Crippen LogP contribution is 2.63. The molecule has 2 unspecified atom stereocenters. The molecule has 0 aliphatic heterocycles. The predicted molar refractivity (Wildman–Crippen MR) is 58.3 cm³/mol. The molecule has 2 nitrogen and oxygen atoms in total. The zero-order chi connectivity index (χ0) is 10.5. The highest BCUT2D eigenvalue weighted by Gasteiger charge is 2.65. The van der Waals surface area contributed by atoms with Gasteiger partial charge in [0.2, 0.25) is 0 Å². The number of pyridine rings is 1. The van der Waals surface area contributed by atoms with Gasteiger partial charge in [-0.2, -0.15) is 0 Å². The summed E-state index contributed by atoms with van der Waals surface area (Å²) >= 11 is 0. The minimum absolute atomic E-state index is 0.487. The SMILES string of the molecule is Cc1cccc(C2(O)C3CCCCC32)n1. The van der Waals surface area contributed by atoms with Gasteiger partial charge >= 0.3 is 0 Å². The van der Waals surface area contributed by atoms with Gasteiger partial charge in [0.1, 0.15) is 5.60 Å². The first-order valence-corrected chi connectivity index (χ1v) is 5.89. The lowest BCUT2D eigenvalue weighted by molar-refractivity contribution is 0.113. The summed E-state index contributed by atoms with van der Waals surface area (Å²) in [6.45, 7) is 1.99. The first-order chi connectivity index (χ1) is 7.23. The molecule has 2 aliphatic carbocycles. The fraction of sp³-hybridized carbons (Fsp3) is 0.615. The zero-order valence-corrected chi connectivity index (χ0v) is 9.11. The summed E-state index contributed by atoms with van der Waals surface area (Å²) in [5, 5.41) is 10.6. The second-order valence-corrected chi connectivity index (χ2v) is 4.99. The van der Waals surface area contributed by atoms with E-state index < -0.39 is 5.60 Å². The van der Waals surface area contributed by atoms with Crippen LogP contribution in [0.2, 0.25) is 0 Å². The average Bonchev–Trinajstić information content (AvgIpc) is 2.87. The molecule has 1 N–H and O–H groups in total. The highest BCUT2D eigenvalue weighted by atomic mass is 16.3. The van der Waals surface area contributed by atoms with E-state index in [1.54, 1.807) is 0 Å². The lowest BCUT2D eigenvalue weighted by Crippen LogP contribution is -2.12. The average molecular weight is 203 g/mol. The minimum atomic E-state index is -0.581. The fourth-order valence-corrected chi connectivity index (χ4v) is 3.24. The molecule has 2 aliphatic rings. The third-order valence-electron chi connectivity index (χ3n) is 4.09. The van der Waals surface area contributed by atoms with Gasteiger partial charge in [0.05, 0.1) is 5.69 Å². The Morgan fingerprint density at radius 2 is 1.93 bits per heavy atom. The second-order valence-electron chi connectivity index (χ2n) is 4.99. The number of aryl methyl sites for hydroxylation is 1. The second kappa shape index (κ2) is 3.05. The zero-order valence-electron chi connectivity index (χ0n) is 9.11. The van der Waals surface area contributed by atoms with Crippen LogP contribution < -0.4 is 0 Å². The van der Waals surface area contributed by atoms with Gasteiger partial charge in [-0.05, 0) is 43.7 Å². The van der Waals surface area contributed by atoms with Crippen LogP contribution in [0.3, 0.4) is 0 Å². The van der Waals surface area contributed by atoms with E-state index in [1.807, 2.05) is 25.1 Å². The van der Waals surface area contributed by atoms with Crippen molar-refractivity contribution < 1.29 is 5.11 Å². The third kappa shape index (κ3) is 1.24. The molecular weight excluding hydrogens is 186 g/mol. The molecule has 2 heteroatoms. The lowest BCUT2D eigenvalue weighted by atomic mass is 10.0. The van der Waals surface area contributed by atoms with E-state index in [2.05, 4.69) is 4.98 Å². The molecule has 3 rings (SSSR count). The molecule has 0 radical (unpaired) electrons. The Morgan fingerprint density at radius 3 is 2.53 bits per heavy atom. The van der Waals surface area contributed by atoms with Crippen LogP contribution in [-0.4, -0.2) is 10.1 Å². The fourth-order valence-electron chi connectivity index (χ4n) is 3.24. The van der Waals surface area contributed by atoms with Crippen LogP contribution in [0.4, 0.5) is 0 Å². The topological polar surface area (TPSA) is 33.1 Å². The van der Waals surface area contributed by atoms with Crippen molar-refractivity contribution in [3.05, 3.63) is 29.6 Å². The van der Waals surface area contributed by atoms with Crippen LogP contribution in [0.15, 0.2) is 18.2 Å². The molecule has 1 aromatic heterocycles. The number of fused-ring (bicyclic) bond motifs is 1. The number of nitrogens with zero attached hydrogens (tertiary/aromatic N) is 1. The van der Waals surface area contributed by atoms with Crippen molar-refractivity contribution in [2.24, 2.45) is 11.8 Å². The maximum absolute atomic E-state index is 10.6. The Labute approximate surface area is 90.4 Å². The summed E-state index contributed by atoms with van der Waals surface area (Å²) in [6.07, 6.45) is 4.90. The molecule has 1 heterocycles. The first kappa shape index (κ1) is 9.34. The molecule has 80 valence electrons. The molecule has 2 fully saturated rings. The minimum Gasteiger partial charge on any atom is -0.383 e. The van der Waals surface area contributed by atoms with Crippen molar-refractivity contribution >= 4 is 0 Å². The van der Waals surface area contributed by atoms with Crippen LogP contribution in [0.5, 0.6) is 0 Å². The van der Waals surface area contributed by atoms with Gasteiger partial charge in [-0.15, -0.1) is 0 Å². The maximum atomic E-state index is 10.6. The van der Waals surface area contributed by atoms with Gasteiger partial charge in [-0.3, -0.25) is 4.98 Å². The summed E-state index contributed by atoms with van der Waals surface area (Å²) in [4.78, 5) is 4.48. The van der Waals surface area contributed by atoms with Crippen LogP contribution >= 0.6 is 0 Å². The van der Waals surface area contributed by atoms with Crippen molar-refractivity contribution in [3.63, 3.8) is 0 Å². The quantitative estimate of drug-likeness (QED) is 0.760. The Hall–Kier alpha value is -0.890. The number of aliphatic hydroxyl groups is 1. The van der Waals surface area contributed by atoms with Gasteiger partial charge in [0.15, 0.2) is 0 Å². The molecular formula is C13H17NO. The predicted octanol–water partition coefficient (Wildman–Crippen LogP) is 2.40. The monoisotopic (exact) mass is 203 g/mol. The summed E-state index contributed by atoms with van der Waals surface area (Å²) in [6, 6.07) is 5.96. The van der Waals surface area contributed by atoms with Crippen molar-refractivity contribution in [1.29, 1.82) is 0 Å². The Balaban J connectivity index is 1.94. The summed E-state index contributed by atoms with van der Waals surface area (Å²) in [7, 11) is 0. The van der Waals surface area contributed by atoms with Crippen LogP contribution in [0.1, 0.15) is 37.1 Å². The van der Waals surface area contributed by atoms with Crippen molar-refractivity contribution in [3.8, 4) is 0 Å². The van der Waals surface area contributed by atoms with Crippen LogP contribution in [0.25, 0.3) is 0 Å². The van der Waals surface area contributed by atoms with Crippen molar-refractivity contribution in [2.45, 2.75) is 38.2 Å². The Morgan fingerprint density at radius 1 is 1.27 bits per heavy atom. The Kier molecular flexibility index (Phi) is 1.90. The number of hydrogen-bond donors (Lipinski definition) is 1. The third-order valence-corrected chi connectivity index (χ3v) is 4.09. The van der Waals surface area contributed by atoms with Crippen LogP contribution in [-0.2, 0) is 5.60 Å². The van der Waals surface area contributed by atoms with Gasteiger partial charge in [-0.1, -0.05) is 18.9 Å². The van der Waals surface area contributed by atoms with E-state index in [9.17, 15) is 5.11 Å². The first-order valence-electron chi connectivity index (χ1n) is 5.89. The number of aromatic nitrogens is 1. The van der Waals surface area contributed by atoms with E-state index >= 15 is 0 Å². The highest BCUT2D eigenvalue weighted by molar-refractivity contribution is 5.28. The standard InChI is InChI=1S/C13H17NO/c1-9-5-4-8-12(14-9)13(15)10-6-2-3-7-11(10)13/h4-5,8,10-11,15H,2-3,6-7H2,1H3. The summed E-state index contributed by atoms with van der Waals surface area (Å²) < 4.78 is 0. The molecule has 0 aromatic carbocycles. The molecule has 0 saturated heterocycles. The number of rotatable bonds is 1. The summed E-state index contributed by atoms with van der Waals surface area (Å²) in [5.74, 6) is 0.973. The number of hydrogen-bond acceptors (Lipinski definition) is 2. The van der Waals surface area contributed by atoms with Gasteiger partial charge in [0.25, 0.3) is 0 Å². The van der Waals surface area contributed by atoms with E-state index in [-0.39, 0.29) is 0 Å². The normalized spacial score (nSPS) is 38.5. The lowest BCUT2D eigenvalue weighted by Gasteiger charge is -2.10. The van der Waals surface area contributed by atoms with Crippen LogP contribution in [0, 0.1) is 18.8 Å². The molecule has 15 heavy (non-hydrogen) atoms. The smallest absolute Gasteiger partial charge is 0.113 e. The van der Waals surface area contributed by atoms with Crippen molar-refractivity contribution in [1.82, 2.24) is 4.98 Å². The molecule has 2 atom stereocenters. The summed E-state index contributed by atoms with van der Waals surface area (Å²) in [5.41, 5.74) is 1.33. The molecule has 1 aromatic rings. The molecule has 0 bridgehead atoms. The van der Waals surface area contributed by atoms with Gasteiger partial charge < -0.3 is 5.11 Å². The molecule has 0 amide bonds. The molecule has 2 saturated carbocycles. The molecule has 0 spiro atoms.